The molecule has 1 aromatic rings. The van der Waals surface area contributed by atoms with Gasteiger partial charge in [-0.15, -0.1) is 11.8 Å². The third kappa shape index (κ3) is 3.20. The molecule has 1 aliphatic rings. The average Bonchev–Trinajstić information content (AvgIpc) is 2.84. The smallest absolute Gasteiger partial charge is 0.326 e. The molecule has 1 fully saturated rings. The Kier molecular flexibility index (Phi) is 5.16. The van der Waals surface area contributed by atoms with Gasteiger partial charge in [-0.2, -0.15) is 0 Å². The fourth-order valence-corrected chi connectivity index (χ4v) is 4.14. The molecule has 1 aliphatic carbocycles. The highest BCUT2D eigenvalue weighted by Gasteiger charge is 2.43. The van der Waals surface area contributed by atoms with Crippen molar-refractivity contribution >= 4 is 17.7 Å². The summed E-state index contributed by atoms with van der Waals surface area (Å²) in [4.78, 5) is 13.4. The van der Waals surface area contributed by atoms with E-state index in [0.717, 1.165) is 31.4 Å². The van der Waals surface area contributed by atoms with Gasteiger partial charge in [0.1, 0.15) is 11.3 Å². The monoisotopic (exact) mass is 297 g/mol. The van der Waals surface area contributed by atoms with Gasteiger partial charge >= 0.3 is 5.97 Å². The predicted octanol–water partition coefficient (Wildman–Crippen LogP) is 3.14. The number of carbonyl (C=O) groups is 1. The van der Waals surface area contributed by atoms with Crippen molar-refractivity contribution in [3.8, 4) is 0 Å². The SMILES string of the molecule is CCOC(=O)C1(NC)CCCC(Sc2ccoc2C)C1. The number of rotatable bonds is 5. The van der Waals surface area contributed by atoms with Crippen LogP contribution in [0.25, 0.3) is 0 Å². The van der Waals surface area contributed by atoms with Crippen LogP contribution >= 0.6 is 11.8 Å². The van der Waals surface area contributed by atoms with E-state index in [-0.39, 0.29) is 5.97 Å². The molecule has 2 rings (SSSR count). The van der Waals surface area contributed by atoms with Gasteiger partial charge in [-0.25, -0.2) is 0 Å². The quantitative estimate of drug-likeness (QED) is 0.846. The molecule has 0 spiro atoms. The molecule has 1 saturated carbocycles. The van der Waals surface area contributed by atoms with E-state index < -0.39 is 5.54 Å². The third-order valence-electron chi connectivity index (χ3n) is 3.96. The molecule has 20 heavy (non-hydrogen) atoms. The normalized spacial score (nSPS) is 26.4. The predicted molar refractivity (Wildman–Crippen MR) is 80.0 cm³/mol. The second-order valence-corrected chi connectivity index (χ2v) is 6.57. The summed E-state index contributed by atoms with van der Waals surface area (Å²) in [7, 11) is 1.85. The zero-order valence-electron chi connectivity index (χ0n) is 12.4. The Morgan fingerprint density at radius 2 is 2.45 bits per heavy atom. The van der Waals surface area contributed by atoms with Gasteiger partial charge in [0.05, 0.1) is 12.9 Å². The molecular weight excluding hydrogens is 274 g/mol. The van der Waals surface area contributed by atoms with E-state index in [2.05, 4.69) is 5.32 Å². The molecule has 2 unspecified atom stereocenters. The fourth-order valence-electron chi connectivity index (χ4n) is 2.78. The lowest BCUT2D eigenvalue weighted by molar-refractivity contribution is -0.152. The van der Waals surface area contributed by atoms with E-state index in [4.69, 9.17) is 9.15 Å². The summed E-state index contributed by atoms with van der Waals surface area (Å²) >= 11 is 1.81. The summed E-state index contributed by atoms with van der Waals surface area (Å²) in [6.07, 6.45) is 5.53. The molecule has 1 N–H and O–H groups in total. The third-order valence-corrected chi connectivity index (χ3v) is 5.37. The van der Waals surface area contributed by atoms with Crippen LogP contribution in [0.2, 0.25) is 0 Å². The second kappa shape index (κ2) is 6.68. The van der Waals surface area contributed by atoms with Crippen molar-refractivity contribution in [2.75, 3.05) is 13.7 Å². The van der Waals surface area contributed by atoms with Crippen molar-refractivity contribution in [1.82, 2.24) is 5.32 Å². The number of hydrogen-bond acceptors (Lipinski definition) is 5. The maximum Gasteiger partial charge on any atom is 0.326 e. The molecule has 0 aliphatic heterocycles. The lowest BCUT2D eigenvalue weighted by Crippen LogP contribution is -2.54. The minimum absolute atomic E-state index is 0.114. The first-order valence-corrected chi connectivity index (χ1v) is 8.06. The van der Waals surface area contributed by atoms with Gasteiger partial charge in [0.2, 0.25) is 0 Å². The molecule has 2 atom stereocenters. The van der Waals surface area contributed by atoms with Gasteiger partial charge in [0.25, 0.3) is 0 Å². The molecule has 112 valence electrons. The summed E-state index contributed by atoms with van der Waals surface area (Å²) in [5.41, 5.74) is -0.524. The van der Waals surface area contributed by atoms with Crippen LogP contribution in [0.1, 0.15) is 38.4 Å². The van der Waals surface area contributed by atoms with Crippen LogP contribution < -0.4 is 5.32 Å². The van der Waals surface area contributed by atoms with Gasteiger partial charge in [0.15, 0.2) is 0 Å². The highest BCUT2D eigenvalue weighted by Crippen LogP contribution is 2.40. The number of ether oxygens (including phenoxy) is 1. The molecule has 4 nitrogen and oxygen atoms in total. The maximum atomic E-state index is 12.3. The van der Waals surface area contributed by atoms with E-state index in [0.29, 0.717) is 11.9 Å². The molecule has 1 aromatic heterocycles. The highest BCUT2D eigenvalue weighted by molar-refractivity contribution is 8.00. The van der Waals surface area contributed by atoms with Gasteiger partial charge in [-0.1, -0.05) is 0 Å². The summed E-state index contributed by atoms with van der Waals surface area (Å²) in [6, 6.07) is 2.00. The van der Waals surface area contributed by atoms with Gasteiger partial charge in [-0.05, 0) is 52.6 Å². The topological polar surface area (TPSA) is 51.5 Å². The number of furan rings is 1. The Balaban J connectivity index is 2.06. The number of nitrogens with one attached hydrogen (secondary N) is 1. The molecule has 0 bridgehead atoms. The van der Waals surface area contributed by atoms with Crippen molar-refractivity contribution in [3.05, 3.63) is 18.1 Å². The number of esters is 1. The minimum atomic E-state index is -0.524. The Bertz CT molecular complexity index is 460. The van der Waals surface area contributed by atoms with Crippen LogP contribution in [0.4, 0.5) is 0 Å². The number of aryl methyl sites for hydroxylation is 1. The molecule has 0 aromatic carbocycles. The number of likely N-dealkylation sites (N-methyl/N-ethyl adjacent to an activating group) is 1. The number of carbonyl (C=O) groups excluding carboxylic acids is 1. The maximum absolute atomic E-state index is 12.3. The molecule has 0 amide bonds. The van der Waals surface area contributed by atoms with Crippen LogP contribution in [0.15, 0.2) is 21.6 Å². The molecule has 0 radical (unpaired) electrons. The molecule has 0 saturated heterocycles. The first-order chi connectivity index (χ1) is 9.61. The zero-order valence-corrected chi connectivity index (χ0v) is 13.2. The van der Waals surface area contributed by atoms with Gasteiger partial charge in [-0.3, -0.25) is 4.79 Å². The van der Waals surface area contributed by atoms with Crippen LogP contribution in [0.3, 0.4) is 0 Å². The largest absolute Gasteiger partial charge is 0.468 e. The molecule has 5 heteroatoms. The Morgan fingerprint density at radius 1 is 1.65 bits per heavy atom. The first-order valence-electron chi connectivity index (χ1n) is 7.18. The Hall–Kier alpha value is -0.940. The molecular formula is C15H23NO3S. The Morgan fingerprint density at radius 3 is 3.05 bits per heavy atom. The summed E-state index contributed by atoms with van der Waals surface area (Å²) in [5, 5.41) is 3.63. The van der Waals surface area contributed by atoms with Crippen molar-refractivity contribution in [2.24, 2.45) is 0 Å². The van der Waals surface area contributed by atoms with E-state index in [1.165, 1.54) is 4.90 Å². The van der Waals surface area contributed by atoms with Crippen LogP contribution in [-0.4, -0.2) is 30.4 Å². The summed E-state index contributed by atoms with van der Waals surface area (Å²) < 4.78 is 10.6. The summed E-state index contributed by atoms with van der Waals surface area (Å²) in [6.45, 7) is 4.26. The minimum Gasteiger partial charge on any atom is -0.468 e. The van der Waals surface area contributed by atoms with Gasteiger partial charge < -0.3 is 14.5 Å². The lowest BCUT2D eigenvalue weighted by Gasteiger charge is -2.38. The van der Waals surface area contributed by atoms with Crippen molar-refractivity contribution in [3.63, 3.8) is 0 Å². The van der Waals surface area contributed by atoms with Crippen LogP contribution in [-0.2, 0) is 9.53 Å². The van der Waals surface area contributed by atoms with Crippen molar-refractivity contribution in [1.29, 1.82) is 0 Å². The average molecular weight is 297 g/mol. The van der Waals surface area contributed by atoms with Crippen molar-refractivity contribution < 1.29 is 13.9 Å². The van der Waals surface area contributed by atoms with E-state index in [9.17, 15) is 4.79 Å². The van der Waals surface area contributed by atoms with E-state index in [1.807, 2.05) is 38.7 Å². The second-order valence-electron chi connectivity index (χ2n) is 5.23. The highest BCUT2D eigenvalue weighted by atomic mass is 32.2. The van der Waals surface area contributed by atoms with E-state index in [1.54, 1.807) is 6.26 Å². The van der Waals surface area contributed by atoms with Gasteiger partial charge in [0, 0.05) is 10.1 Å². The fraction of sp³-hybridized carbons (Fsp3) is 0.667. The zero-order chi connectivity index (χ0) is 14.6. The Labute approximate surface area is 124 Å². The van der Waals surface area contributed by atoms with Crippen LogP contribution in [0.5, 0.6) is 0 Å². The lowest BCUT2D eigenvalue weighted by atomic mass is 9.81. The number of hydrogen-bond donors (Lipinski definition) is 1. The first kappa shape index (κ1) is 15.4. The standard InChI is InChI=1S/C15H23NO3S/c1-4-18-14(17)15(16-3)8-5-6-12(10-15)20-13-7-9-19-11(13)2/h7,9,12,16H,4-6,8,10H2,1-3H3. The summed E-state index contributed by atoms with van der Waals surface area (Å²) in [5.74, 6) is 0.837. The van der Waals surface area contributed by atoms with Crippen molar-refractivity contribution in [2.45, 2.75) is 55.2 Å². The van der Waals surface area contributed by atoms with Crippen LogP contribution in [0, 0.1) is 6.92 Å². The van der Waals surface area contributed by atoms with E-state index >= 15 is 0 Å². The number of thioether (sulfide) groups is 1. The molecule has 1 heterocycles.